The van der Waals surface area contributed by atoms with Crippen LogP contribution < -0.4 is 5.73 Å². The molecule has 0 aliphatic heterocycles. The van der Waals surface area contributed by atoms with E-state index in [2.05, 4.69) is 20.9 Å². The van der Waals surface area contributed by atoms with Gasteiger partial charge in [-0.2, -0.15) is 0 Å². The first kappa shape index (κ1) is 11.6. The van der Waals surface area contributed by atoms with E-state index in [1.165, 1.54) is 11.3 Å². The zero-order valence-electron chi connectivity index (χ0n) is 8.64. The molecule has 1 aromatic carbocycles. The molecular weight excluding hydrogens is 288 g/mol. The second kappa shape index (κ2) is 4.16. The molecule has 0 amide bonds. The van der Waals surface area contributed by atoms with Gasteiger partial charge in [0.15, 0.2) is 5.13 Å². The minimum absolute atomic E-state index is 0.465. The molecule has 1 unspecified atom stereocenters. The molecule has 0 bridgehead atoms. The fourth-order valence-electron chi connectivity index (χ4n) is 1.43. The standard InChI is InChI=1S/C11H11BrN2OS/c1-11(15,9-6-16-10(13)14-9)7-2-4-8(12)5-3-7/h2-6,15H,1H3,(H2,13,14). The van der Waals surface area contributed by atoms with Crippen LogP contribution in [0.3, 0.4) is 0 Å². The molecule has 1 aromatic heterocycles. The van der Waals surface area contributed by atoms with Crippen LogP contribution in [-0.2, 0) is 5.60 Å². The molecule has 3 N–H and O–H groups in total. The topological polar surface area (TPSA) is 59.1 Å². The number of aromatic nitrogens is 1. The summed E-state index contributed by atoms with van der Waals surface area (Å²) in [6.07, 6.45) is 0. The van der Waals surface area contributed by atoms with Gasteiger partial charge >= 0.3 is 0 Å². The third-order valence-corrected chi connectivity index (χ3v) is 3.63. The lowest BCUT2D eigenvalue weighted by molar-refractivity contribution is 0.0982. The molecule has 1 atom stereocenters. The normalized spacial score (nSPS) is 14.7. The lowest BCUT2D eigenvalue weighted by Crippen LogP contribution is -2.23. The van der Waals surface area contributed by atoms with E-state index in [0.29, 0.717) is 10.8 Å². The fraction of sp³-hybridized carbons (Fsp3) is 0.182. The Bertz CT molecular complexity index is 493. The number of hydrogen-bond donors (Lipinski definition) is 2. The number of halogens is 1. The predicted octanol–water partition coefficient (Wildman–Crippen LogP) is 2.74. The third kappa shape index (κ3) is 2.11. The third-order valence-electron chi connectivity index (χ3n) is 2.43. The van der Waals surface area contributed by atoms with Crippen LogP contribution in [0.5, 0.6) is 0 Å². The first-order valence-electron chi connectivity index (χ1n) is 4.70. The average Bonchev–Trinajstić information content (AvgIpc) is 2.66. The van der Waals surface area contributed by atoms with Crippen molar-refractivity contribution < 1.29 is 5.11 Å². The highest BCUT2D eigenvalue weighted by Crippen LogP contribution is 2.31. The van der Waals surface area contributed by atoms with Crippen molar-refractivity contribution in [3.05, 3.63) is 45.4 Å². The molecule has 16 heavy (non-hydrogen) atoms. The number of nitrogens with zero attached hydrogens (tertiary/aromatic N) is 1. The van der Waals surface area contributed by atoms with Gasteiger partial charge in [0.2, 0.25) is 0 Å². The zero-order chi connectivity index (χ0) is 11.8. The van der Waals surface area contributed by atoms with Gasteiger partial charge in [-0.05, 0) is 24.6 Å². The molecule has 0 spiro atoms. The van der Waals surface area contributed by atoms with Gasteiger partial charge in [0.05, 0.1) is 5.69 Å². The van der Waals surface area contributed by atoms with Crippen molar-refractivity contribution in [1.29, 1.82) is 0 Å². The van der Waals surface area contributed by atoms with Crippen LogP contribution in [0.2, 0.25) is 0 Å². The Balaban J connectivity index is 2.42. The number of aliphatic hydroxyl groups is 1. The smallest absolute Gasteiger partial charge is 0.180 e. The minimum atomic E-state index is -1.10. The maximum atomic E-state index is 10.4. The van der Waals surface area contributed by atoms with E-state index in [4.69, 9.17) is 5.73 Å². The van der Waals surface area contributed by atoms with E-state index < -0.39 is 5.60 Å². The van der Waals surface area contributed by atoms with E-state index in [9.17, 15) is 5.11 Å². The number of hydrogen-bond acceptors (Lipinski definition) is 4. The molecule has 0 aliphatic carbocycles. The van der Waals surface area contributed by atoms with Gasteiger partial charge in [-0.25, -0.2) is 4.98 Å². The number of anilines is 1. The zero-order valence-corrected chi connectivity index (χ0v) is 11.0. The van der Waals surface area contributed by atoms with Gasteiger partial charge in [-0.1, -0.05) is 28.1 Å². The number of rotatable bonds is 2. The number of benzene rings is 1. The van der Waals surface area contributed by atoms with Crippen molar-refractivity contribution >= 4 is 32.4 Å². The van der Waals surface area contributed by atoms with E-state index in [-0.39, 0.29) is 0 Å². The van der Waals surface area contributed by atoms with Gasteiger partial charge < -0.3 is 10.8 Å². The van der Waals surface area contributed by atoms with Gasteiger partial charge in [0.1, 0.15) is 5.60 Å². The summed E-state index contributed by atoms with van der Waals surface area (Å²) in [6, 6.07) is 7.50. The first-order valence-corrected chi connectivity index (χ1v) is 6.37. The molecule has 0 aliphatic rings. The minimum Gasteiger partial charge on any atom is -0.379 e. The Kier molecular flexibility index (Phi) is 3.01. The molecular formula is C11H11BrN2OS. The maximum Gasteiger partial charge on any atom is 0.180 e. The summed E-state index contributed by atoms with van der Waals surface area (Å²) in [7, 11) is 0. The summed E-state index contributed by atoms with van der Waals surface area (Å²) in [4.78, 5) is 4.12. The molecule has 84 valence electrons. The van der Waals surface area contributed by atoms with E-state index in [1.54, 1.807) is 12.3 Å². The lowest BCUT2D eigenvalue weighted by atomic mass is 9.93. The van der Waals surface area contributed by atoms with E-state index in [0.717, 1.165) is 10.0 Å². The van der Waals surface area contributed by atoms with Crippen molar-refractivity contribution in [1.82, 2.24) is 4.98 Å². The van der Waals surface area contributed by atoms with Gasteiger partial charge in [0, 0.05) is 9.85 Å². The molecule has 2 rings (SSSR count). The van der Waals surface area contributed by atoms with Crippen molar-refractivity contribution in [3.63, 3.8) is 0 Å². The second-order valence-electron chi connectivity index (χ2n) is 3.65. The van der Waals surface area contributed by atoms with Gasteiger partial charge in [-0.3, -0.25) is 0 Å². The van der Waals surface area contributed by atoms with Crippen LogP contribution in [0.15, 0.2) is 34.1 Å². The summed E-state index contributed by atoms with van der Waals surface area (Å²) in [5.74, 6) is 0. The van der Waals surface area contributed by atoms with Crippen LogP contribution >= 0.6 is 27.3 Å². The van der Waals surface area contributed by atoms with E-state index in [1.807, 2.05) is 24.3 Å². The molecule has 0 saturated carbocycles. The lowest BCUT2D eigenvalue weighted by Gasteiger charge is -2.21. The molecule has 5 heteroatoms. The summed E-state index contributed by atoms with van der Waals surface area (Å²) in [5, 5.41) is 12.7. The Morgan fingerprint density at radius 3 is 2.50 bits per heavy atom. The Labute approximate surface area is 106 Å². The highest BCUT2D eigenvalue weighted by molar-refractivity contribution is 9.10. The highest BCUT2D eigenvalue weighted by Gasteiger charge is 2.28. The maximum absolute atomic E-state index is 10.4. The van der Waals surface area contributed by atoms with Crippen LogP contribution in [0, 0.1) is 0 Å². The van der Waals surface area contributed by atoms with Crippen LogP contribution in [0.25, 0.3) is 0 Å². The monoisotopic (exact) mass is 298 g/mol. The molecule has 0 saturated heterocycles. The van der Waals surface area contributed by atoms with Gasteiger partial charge in [0.25, 0.3) is 0 Å². The molecule has 2 aromatic rings. The van der Waals surface area contributed by atoms with Crippen LogP contribution in [0.4, 0.5) is 5.13 Å². The SMILES string of the molecule is CC(O)(c1ccc(Br)cc1)c1csc(N)n1. The summed E-state index contributed by atoms with van der Waals surface area (Å²) < 4.78 is 0.977. The first-order chi connectivity index (χ1) is 7.50. The van der Waals surface area contributed by atoms with Crippen molar-refractivity contribution in [2.45, 2.75) is 12.5 Å². The van der Waals surface area contributed by atoms with E-state index >= 15 is 0 Å². The molecule has 0 radical (unpaired) electrons. The van der Waals surface area contributed by atoms with Crippen LogP contribution in [-0.4, -0.2) is 10.1 Å². The average molecular weight is 299 g/mol. The number of nitrogen functional groups attached to an aromatic ring is 1. The van der Waals surface area contributed by atoms with Gasteiger partial charge in [-0.15, -0.1) is 11.3 Å². The number of thiazole rings is 1. The fourth-order valence-corrected chi connectivity index (χ4v) is 2.36. The molecule has 0 fully saturated rings. The molecule has 3 nitrogen and oxygen atoms in total. The Morgan fingerprint density at radius 2 is 2.00 bits per heavy atom. The molecule has 1 heterocycles. The van der Waals surface area contributed by atoms with Crippen molar-refractivity contribution in [3.8, 4) is 0 Å². The summed E-state index contributed by atoms with van der Waals surface area (Å²) in [5.41, 5.74) is 5.84. The second-order valence-corrected chi connectivity index (χ2v) is 5.46. The Morgan fingerprint density at radius 1 is 1.38 bits per heavy atom. The van der Waals surface area contributed by atoms with Crippen molar-refractivity contribution in [2.75, 3.05) is 5.73 Å². The summed E-state index contributed by atoms with van der Waals surface area (Å²) >= 11 is 4.68. The predicted molar refractivity (Wildman–Crippen MR) is 69.3 cm³/mol. The van der Waals surface area contributed by atoms with Crippen molar-refractivity contribution in [2.24, 2.45) is 0 Å². The van der Waals surface area contributed by atoms with Crippen LogP contribution in [0.1, 0.15) is 18.2 Å². The number of nitrogens with two attached hydrogens (primary N) is 1. The Hall–Kier alpha value is -0.910. The highest BCUT2D eigenvalue weighted by atomic mass is 79.9. The largest absolute Gasteiger partial charge is 0.379 e. The quantitative estimate of drug-likeness (QED) is 0.896. The summed E-state index contributed by atoms with van der Waals surface area (Å²) in [6.45, 7) is 1.71.